The number of sulfonamides is 1. The van der Waals surface area contributed by atoms with E-state index in [1.54, 1.807) is 30.3 Å². The van der Waals surface area contributed by atoms with Gasteiger partial charge >= 0.3 is 0 Å². The lowest BCUT2D eigenvalue weighted by Gasteiger charge is -2.17. The number of carbonyl (C=O) groups excluding carboxylic acids is 1. The number of halogens is 2. The summed E-state index contributed by atoms with van der Waals surface area (Å²) in [5, 5.41) is 4.82. The molecule has 5 nitrogen and oxygen atoms in total. The Hall–Kier alpha value is -2.12. The van der Waals surface area contributed by atoms with Gasteiger partial charge in [-0.25, -0.2) is 8.42 Å². The fraction of sp³-hybridized carbons (Fsp3) is 0.105. The van der Waals surface area contributed by atoms with Crippen molar-refractivity contribution >= 4 is 55.6 Å². The number of amides is 1. The van der Waals surface area contributed by atoms with Gasteiger partial charge in [0, 0.05) is 7.05 Å². The van der Waals surface area contributed by atoms with Gasteiger partial charge in [-0.1, -0.05) is 59.6 Å². The Morgan fingerprint density at radius 1 is 1.00 bits per heavy atom. The highest BCUT2D eigenvalue weighted by atomic mass is 35.5. The van der Waals surface area contributed by atoms with Crippen LogP contribution in [0.3, 0.4) is 0 Å². The second-order valence-corrected chi connectivity index (χ2v) is 8.75. The summed E-state index contributed by atoms with van der Waals surface area (Å²) in [6.45, 7) is -0.363. The molecule has 8 heteroatoms. The molecule has 0 aromatic heterocycles. The smallest absolute Gasteiger partial charge is 0.243 e. The molecule has 27 heavy (non-hydrogen) atoms. The van der Waals surface area contributed by atoms with Gasteiger partial charge in [0.15, 0.2) is 0 Å². The SMILES string of the molecule is CN(CC(=O)Nc1cccc(Cl)c1Cl)S(=O)(=O)c1ccc2ccccc2c1. The van der Waals surface area contributed by atoms with E-state index >= 15 is 0 Å². The van der Waals surface area contributed by atoms with Crippen LogP contribution in [0, 0.1) is 0 Å². The molecule has 0 saturated carbocycles. The van der Waals surface area contributed by atoms with Crippen LogP contribution in [0.5, 0.6) is 0 Å². The average Bonchev–Trinajstić information content (AvgIpc) is 2.65. The molecule has 0 aliphatic heterocycles. The predicted molar refractivity (Wildman–Crippen MR) is 109 cm³/mol. The molecule has 3 aromatic rings. The summed E-state index contributed by atoms with van der Waals surface area (Å²) >= 11 is 12.0. The number of hydrogen-bond donors (Lipinski definition) is 1. The first-order chi connectivity index (χ1) is 12.8. The predicted octanol–water partition coefficient (Wildman–Crippen LogP) is 4.41. The van der Waals surface area contributed by atoms with Crippen LogP contribution >= 0.6 is 23.2 Å². The van der Waals surface area contributed by atoms with Crippen LogP contribution in [0.4, 0.5) is 5.69 Å². The maximum Gasteiger partial charge on any atom is 0.243 e. The van der Waals surface area contributed by atoms with E-state index in [-0.39, 0.29) is 16.5 Å². The van der Waals surface area contributed by atoms with Crippen molar-refractivity contribution in [3.05, 3.63) is 70.7 Å². The molecule has 3 rings (SSSR count). The molecule has 1 amide bonds. The molecule has 0 aliphatic rings. The Balaban J connectivity index is 1.78. The molecular weight excluding hydrogens is 407 g/mol. The second kappa shape index (κ2) is 7.86. The van der Waals surface area contributed by atoms with Gasteiger partial charge in [0.1, 0.15) is 0 Å². The van der Waals surface area contributed by atoms with Crippen LogP contribution < -0.4 is 5.32 Å². The summed E-state index contributed by atoms with van der Waals surface area (Å²) in [4.78, 5) is 12.4. The highest BCUT2D eigenvalue weighted by Crippen LogP contribution is 2.29. The van der Waals surface area contributed by atoms with Gasteiger partial charge in [0.05, 0.1) is 27.2 Å². The zero-order chi connectivity index (χ0) is 19.6. The highest BCUT2D eigenvalue weighted by Gasteiger charge is 2.23. The van der Waals surface area contributed by atoms with E-state index in [2.05, 4.69) is 5.32 Å². The number of hydrogen-bond acceptors (Lipinski definition) is 3. The monoisotopic (exact) mass is 422 g/mol. The summed E-state index contributed by atoms with van der Waals surface area (Å²) in [5.41, 5.74) is 0.325. The van der Waals surface area contributed by atoms with E-state index < -0.39 is 15.9 Å². The van der Waals surface area contributed by atoms with E-state index in [1.165, 1.54) is 13.1 Å². The first kappa shape index (κ1) is 19.6. The minimum atomic E-state index is -3.82. The van der Waals surface area contributed by atoms with Gasteiger partial charge in [-0.2, -0.15) is 4.31 Å². The Labute approximate surface area is 167 Å². The summed E-state index contributed by atoms with van der Waals surface area (Å²) in [5.74, 6) is -0.522. The van der Waals surface area contributed by atoms with Crippen molar-refractivity contribution in [3.63, 3.8) is 0 Å². The molecule has 1 N–H and O–H groups in total. The van der Waals surface area contributed by atoms with E-state index in [4.69, 9.17) is 23.2 Å². The molecule has 0 spiro atoms. The van der Waals surface area contributed by atoms with Crippen LogP contribution in [0.15, 0.2) is 65.6 Å². The number of carbonyl (C=O) groups is 1. The molecule has 0 heterocycles. The minimum absolute atomic E-state index is 0.122. The number of benzene rings is 3. The summed E-state index contributed by atoms with van der Waals surface area (Å²) < 4.78 is 26.6. The zero-order valence-electron chi connectivity index (χ0n) is 14.3. The Morgan fingerprint density at radius 2 is 1.70 bits per heavy atom. The third-order valence-electron chi connectivity index (χ3n) is 4.02. The van der Waals surface area contributed by atoms with Gasteiger partial charge in [-0.15, -0.1) is 0 Å². The number of anilines is 1. The van der Waals surface area contributed by atoms with Crippen molar-refractivity contribution in [2.75, 3.05) is 18.9 Å². The molecule has 0 bridgehead atoms. The molecule has 0 atom stereocenters. The summed E-state index contributed by atoms with van der Waals surface area (Å²) in [7, 11) is -2.47. The first-order valence-corrected chi connectivity index (χ1v) is 10.2. The topological polar surface area (TPSA) is 66.5 Å². The van der Waals surface area contributed by atoms with Crippen molar-refractivity contribution in [2.45, 2.75) is 4.90 Å². The van der Waals surface area contributed by atoms with Crippen LogP contribution in [-0.2, 0) is 14.8 Å². The standard InChI is InChI=1S/C19H16Cl2N2O3S/c1-23(12-18(24)22-17-8-4-7-16(20)19(17)21)27(25,26)15-10-9-13-5-2-3-6-14(13)11-15/h2-11H,12H2,1H3,(H,22,24). The summed E-state index contributed by atoms with van der Waals surface area (Å²) in [6.07, 6.45) is 0. The third-order valence-corrected chi connectivity index (χ3v) is 6.64. The van der Waals surface area contributed by atoms with E-state index in [1.807, 2.05) is 24.3 Å². The van der Waals surface area contributed by atoms with Gasteiger partial charge in [-0.3, -0.25) is 4.79 Å². The number of nitrogens with zero attached hydrogens (tertiary/aromatic N) is 1. The van der Waals surface area contributed by atoms with Gasteiger partial charge in [-0.05, 0) is 35.0 Å². The Bertz CT molecular complexity index is 1120. The van der Waals surface area contributed by atoms with Crippen LogP contribution in [-0.4, -0.2) is 32.2 Å². The molecule has 3 aromatic carbocycles. The molecule has 140 valence electrons. The van der Waals surface area contributed by atoms with E-state index in [0.717, 1.165) is 15.1 Å². The van der Waals surface area contributed by atoms with E-state index in [9.17, 15) is 13.2 Å². The lowest BCUT2D eigenvalue weighted by Crippen LogP contribution is -2.35. The van der Waals surface area contributed by atoms with Crippen molar-refractivity contribution in [1.82, 2.24) is 4.31 Å². The number of rotatable bonds is 5. The number of likely N-dealkylation sites (N-methyl/N-ethyl adjacent to an activating group) is 1. The molecule has 0 aliphatic carbocycles. The Kier molecular flexibility index (Phi) is 5.72. The normalized spacial score (nSPS) is 11.7. The van der Waals surface area contributed by atoms with Gasteiger partial charge < -0.3 is 5.32 Å². The van der Waals surface area contributed by atoms with Crippen molar-refractivity contribution < 1.29 is 13.2 Å². The van der Waals surface area contributed by atoms with Crippen molar-refractivity contribution in [1.29, 1.82) is 0 Å². The van der Waals surface area contributed by atoms with Crippen LogP contribution in [0.25, 0.3) is 10.8 Å². The van der Waals surface area contributed by atoms with Crippen molar-refractivity contribution in [2.24, 2.45) is 0 Å². The quantitative estimate of drug-likeness (QED) is 0.661. The lowest BCUT2D eigenvalue weighted by molar-refractivity contribution is -0.116. The molecular formula is C19H16Cl2N2O3S. The minimum Gasteiger partial charge on any atom is -0.324 e. The zero-order valence-corrected chi connectivity index (χ0v) is 16.6. The van der Waals surface area contributed by atoms with Crippen molar-refractivity contribution in [3.8, 4) is 0 Å². The largest absolute Gasteiger partial charge is 0.324 e. The number of fused-ring (bicyclic) bond motifs is 1. The highest BCUT2D eigenvalue weighted by molar-refractivity contribution is 7.89. The maximum absolute atomic E-state index is 12.8. The molecule has 0 radical (unpaired) electrons. The average molecular weight is 423 g/mol. The fourth-order valence-electron chi connectivity index (χ4n) is 2.59. The second-order valence-electron chi connectivity index (χ2n) is 5.92. The van der Waals surface area contributed by atoms with Crippen LogP contribution in [0.2, 0.25) is 10.0 Å². The molecule has 0 unspecified atom stereocenters. The fourth-order valence-corrected chi connectivity index (χ4v) is 4.10. The maximum atomic E-state index is 12.8. The van der Waals surface area contributed by atoms with Gasteiger partial charge in [0.25, 0.3) is 0 Å². The summed E-state index contributed by atoms with van der Waals surface area (Å²) in [6, 6.07) is 17.1. The third kappa shape index (κ3) is 4.25. The number of nitrogens with one attached hydrogen (secondary N) is 1. The van der Waals surface area contributed by atoms with Gasteiger partial charge in [0.2, 0.25) is 15.9 Å². The molecule has 0 fully saturated rings. The Morgan fingerprint density at radius 3 is 2.44 bits per heavy atom. The first-order valence-electron chi connectivity index (χ1n) is 7.98. The lowest BCUT2D eigenvalue weighted by atomic mass is 10.1. The van der Waals surface area contributed by atoms with E-state index in [0.29, 0.717) is 10.7 Å². The van der Waals surface area contributed by atoms with Crippen LogP contribution in [0.1, 0.15) is 0 Å². The molecule has 0 saturated heterocycles.